The first-order valence-electron chi connectivity index (χ1n) is 16.8. The molecule has 7 rings (SSSR count). The van der Waals surface area contributed by atoms with Crippen molar-refractivity contribution in [1.29, 1.82) is 0 Å². The number of hydrogen-bond donors (Lipinski definition) is 1. The number of imidazole rings is 1. The lowest BCUT2D eigenvalue weighted by Crippen LogP contribution is -2.48. The fourth-order valence-electron chi connectivity index (χ4n) is 8.19. The number of likely N-dealkylation sites (tertiary alicyclic amines) is 2. The minimum Gasteiger partial charge on any atom is -0.488 e. The summed E-state index contributed by atoms with van der Waals surface area (Å²) in [5.41, 5.74) is 1.01. The lowest BCUT2D eigenvalue weighted by atomic mass is 9.99. The smallest absolute Gasteiger partial charge is 0.329 e. The van der Waals surface area contributed by atoms with Gasteiger partial charge in [-0.05, 0) is 76.5 Å². The Hall–Kier alpha value is -3.22. The van der Waals surface area contributed by atoms with Crippen molar-refractivity contribution in [3.05, 3.63) is 28.7 Å². The van der Waals surface area contributed by atoms with Crippen molar-refractivity contribution in [2.75, 3.05) is 46.4 Å². The van der Waals surface area contributed by atoms with Crippen LogP contribution in [0.25, 0.3) is 11.0 Å². The largest absolute Gasteiger partial charge is 0.488 e. The third kappa shape index (κ3) is 6.69. The summed E-state index contributed by atoms with van der Waals surface area (Å²) >= 11 is 0. The molecule has 3 atom stereocenters. The van der Waals surface area contributed by atoms with Crippen molar-refractivity contribution < 1.29 is 23.9 Å². The maximum Gasteiger partial charge on any atom is 0.329 e. The number of imide groups is 1. The van der Waals surface area contributed by atoms with Gasteiger partial charge >= 0.3 is 5.69 Å². The van der Waals surface area contributed by atoms with Gasteiger partial charge in [0.05, 0.1) is 12.1 Å². The van der Waals surface area contributed by atoms with Crippen molar-refractivity contribution in [1.82, 2.24) is 29.2 Å². The number of fused-ring (bicyclic) bond motifs is 2. The number of methoxy groups -OCH3 is 1. The highest BCUT2D eigenvalue weighted by Crippen LogP contribution is 2.33. The van der Waals surface area contributed by atoms with E-state index in [-0.39, 0.29) is 24.1 Å². The number of piperidine rings is 3. The van der Waals surface area contributed by atoms with Gasteiger partial charge in [-0.25, -0.2) is 4.79 Å². The molecular weight excluding hydrogens is 576 g/mol. The Bertz CT molecular complexity index is 1420. The molecule has 0 spiro atoms. The highest BCUT2D eigenvalue weighted by Gasteiger charge is 2.36. The van der Waals surface area contributed by atoms with Gasteiger partial charge < -0.3 is 14.4 Å². The van der Waals surface area contributed by atoms with Crippen LogP contribution in [0.3, 0.4) is 0 Å². The van der Waals surface area contributed by atoms with Crippen molar-refractivity contribution in [2.24, 2.45) is 7.05 Å². The molecule has 3 amide bonds. The molecule has 3 unspecified atom stereocenters. The molecule has 0 aliphatic carbocycles. The van der Waals surface area contributed by atoms with E-state index < -0.39 is 11.9 Å². The Labute approximate surface area is 264 Å². The molecule has 12 nitrogen and oxygen atoms in total. The van der Waals surface area contributed by atoms with Crippen LogP contribution in [0.5, 0.6) is 5.75 Å². The molecule has 1 N–H and O–H groups in total. The minimum atomic E-state index is -0.710. The Balaban J connectivity index is 0.000000272. The zero-order chi connectivity index (χ0) is 31.5. The first-order valence-corrected chi connectivity index (χ1v) is 16.8. The highest BCUT2D eigenvalue weighted by atomic mass is 16.5. The number of nitrogens with zero attached hydrogens (tertiary/aromatic N) is 5. The molecule has 0 bridgehead atoms. The van der Waals surface area contributed by atoms with Gasteiger partial charge in [0.15, 0.2) is 0 Å². The molecule has 246 valence electrons. The van der Waals surface area contributed by atoms with Crippen LogP contribution >= 0.6 is 0 Å². The molecule has 5 saturated heterocycles. The molecular formula is C33H48N6O6. The van der Waals surface area contributed by atoms with E-state index in [4.69, 9.17) is 9.47 Å². The fourth-order valence-corrected chi connectivity index (χ4v) is 8.19. The predicted octanol–water partition coefficient (Wildman–Crippen LogP) is 2.04. The summed E-state index contributed by atoms with van der Waals surface area (Å²) in [6.07, 6.45) is 10.9. The summed E-state index contributed by atoms with van der Waals surface area (Å²) in [4.78, 5) is 55.1. The number of hydrogen-bond acceptors (Lipinski definition) is 8. The molecule has 1 aromatic heterocycles. The van der Waals surface area contributed by atoms with Crippen molar-refractivity contribution in [3.8, 4) is 5.75 Å². The van der Waals surface area contributed by atoms with Gasteiger partial charge in [-0.3, -0.25) is 38.6 Å². The number of aromatic nitrogens is 2. The third-order valence-corrected chi connectivity index (χ3v) is 10.6. The van der Waals surface area contributed by atoms with Gasteiger partial charge in [0, 0.05) is 64.9 Å². The minimum absolute atomic E-state index is 0.0472. The van der Waals surface area contributed by atoms with E-state index in [1.165, 1.54) is 41.4 Å². The van der Waals surface area contributed by atoms with Gasteiger partial charge in [0.1, 0.15) is 23.4 Å². The molecule has 0 saturated carbocycles. The summed E-state index contributed by atoms with van der Waals surface area (Å²) < 4.78 is 14.6. The second-order valence-electron chi connectivity index (χ2n) is 13.2. The Morgan fingerprint density at radius 2 is 1.69 bits per heavy atom. The number of para-hydroxylation sites is 1. The van der Waals surface area contributed by atoms with Crippen LogP contribution in [0, 0.1) is 0 Å². The number of nitrogens with one attached hydrogen (secondary N) is 1. The SMILES string of the molecule is COCC1CCC2CCCN21.Cn1c(=O)n(C2CCC(=O)NC2=O)c2cccc(OC3CCN(C4CCN(C=O)CC4)CC3)c21. The number of carbonyl (C=O) groups excluding carboxylic acids is 3. The summed E-state index contributed by atoms with van der Waals surface area (Å²) in [5, 5.41) is 2.34. The average molecular weight is 625 g/mol. The number of carbonyl (C=O) groups is 3. The van der Waals surface area contributed by atoms with E-state index >= 15 is 0 Å². The third-order valence-electron chi connectivity index (χ3n) is 10.6. The maximum absolute atomic E-state index is 13.1. The first-order chi connectivity index (χ1) is 21.9. The van der Waals surface area contributed by atoms with E-state index in [0.29, 0.717) is 29.2 Å². The van der Waals surface area contributed by atoms with Crippen LogP contribution in [-0.2, 0) is 26.2 Å². The number of aryl methyl sites for hydroxylation is 1. The summed E-state index contributed by atoms with van der Waals surface area (Å²) in [6.45, 7) is 5.80. The maximum atomic E-state index is 13.1. The Kier molecular flexibility index (Phi) is 9.91. The predicted molar refractivity (Wildman–Crippen MR) is 169 cm³/mol. The van der Waals surface area contributed by atoms with Gasteiger partial charge in [0.25, 0.3) is 0 Å². The lowest BCUT2D eigenvalue weighted by molar-refractivity contribution is -0.135. The van der Waals surface area contributed by atoms with E-state index in [9.17, 15) is 19.2 Å². The molecule has 1 aromatic carbocycles. The zero-order valence-corrected chi connectivity index (χ0v) is 26.7. The standard InChI is InChI=1S/C24H31N5O5.C9H17NO/c1-26-22-18(29(24(26)33)19-5-6-21(31)25-23(19)32)3-2-4-20(22)34-17-9-13-28(14-10-17)16-7-11-27(15-30)12-8-16;1-11-7-9-5-4-8-3-2-6-10(8)9/h2-4,15-17,19H,5-14H2,1H3,(H,25,31,32);8-9H,2-7H2,1H3. The first kappa shape index (κ1) is 31.7. The fraction of sp³-hybridized carbons (Fsp3) is 0.697. The molecule has 5 aliphatic heterocycles. The van der Waals surface area contributed by atoms with Gasteiger partial charge in [0.2, 0.25) is 18.2 Å². The van der Waals surface area contributed by atoms with Crippen LogP contribution in [-0.4, -0.2) is 113 Å². The van der Waals surface area contributed by atoms with Crippen LogP contribution in [0.2, 0.25) is 0 Å². The molecule has 6 heterocycles. The second kappa shape index (κ2) is 14.0. The van der Waals surface area contributed by atoms with Crippen molar-refractivity contribution >= 4 is 29.3 Å². The number of ether oxygens (including phenoxy) is 2. The van der Waals surface area contributed by atoms with Crippen LogP contribution in [0.1, 0.15) is 70.3 Å². The number of benzene rings is 1. The summed E-state index contributed by atoms with van der Waals surface area (Å²) in [5.74, 6) is -0.108. The van der Waals surface area contributed by atoms with Crippen molar-refractivity contribution in [3.63, 3.8) is 0 Å². The van der Waals surface area contributed by atoms with Crippen LogP contribution in [0.4, 0.5) is 0 Å². The molecule has 2 aromatic rings. The van der Waals surface area contributed by atoms with Crippen LogP contribution < -0.4 is 15.7 Å². The lowest BCUT2D eigenvalue weighted by Gasteiger charge is -2.41. The van der Waals surface area contributed by atoms with Gasteiger partial charge in [-0.1, -0.05) is 6.07 Å². The van der Waals surface area contributed by atoms with Crippen molar-refractivity contribution in [2.45, 2.75) is 94.5 Å². The molecule has 5 aliphatic rings. The van der Waals surface area contributed by atoms with Gasteiger partial charge in [-0.2, -0.15) is 0 Å². The average Bonchev–Trinajstić information content (AvgIpc) is 3.74. The van der Waals surface area contributed by atoms with E-state index in [2.05, 4.69) is 15.1 Å². The molecule has 12 heteroatoms. The van der Waals surface area contributed by atoms with Crippen LogP contribution in [0.15, 0.2) is 23.0 Å². The van der Waals surface area contributed by atoms with E-state index in [1.54, 1.807) is 7.05 Å². The monoisotopic (exact) mass is 624 g/mol. The van der Waals surface area contributed by atoms with E-state index in [1.807, 2.05) is 30.2 Å². The molecule has 5 fully saturated rings. The normalized spacial score (nSPS) is 26.9. The Morgan fingerprint density at radius 1 is 0.911 bits per heavy atom. The summed E-state index contributed by atoms with van der Waals surface area (Å²) in [6, 6.07) is 7.00. The second-order valence-corrected chi connectivity index (χ2v) is 13.2. The highest BCUT2D eigenvalue weighted by molar-refractivity contribution is 6.00. The number of amides is 3. The molecule has 0 radical (unpaired) electrons. The summed E-state index contributed by atoms with van der Waals surface area (Å²) in [7, 11) is 3.50. The topological polar surface area (TPSA) is 118 Å². The zero-order valence-electron chi connectivity index (χ0n) is 26.7. The quantitative estimate of drug-likeness (QED) is 0.368. The number of rotatable bonds is 7. The molecule has 45 heavy (non-hydrogen) atoms. The Morgan fingerprint density at radius 3 is 2.40 bits per heavy atom. The van der Waals surface area contributed by atoms with Gasteiger partial charge in [-0.15, -0.1) is 0 Å². The van der Waals surface area contributed by atoms with E-state index in [0.717, 1.165) is 77.0 Å².